The van der Waals surface area contributed by atoms with Crippen molar-refractivity contribution in [2.75, 3.05) is 31.8 Å². The van der Waals surface area contributed by atoms with Gasteiger partial charge < -0.3 is 19.3 Å². The Balaban J connectivity index is 1.64. The molecule has 2 aromatic carbocycles. The lowest BCUT2D eigenvalue weighted by molar-refractivity contribution is -0.174. The van der Waals surface area contributed by atoms with Crippen molar-refractivity contribution < 1.29 is 42.1 Å². The van der Waals surface area contributed by atoms with Crippen LogP contribution >= 0.6 is 11.6 Å². The summed E-state index contributed by atoms with van der Waals surface area (Å²) in [6.07, 6.45) is -2.30. The molecule has 0 radical (unpaired) electrons. The van der Waals surface area contributed by atoms with Crippen LogP contribution in [0.15, 0.2) is 42.0 Å². The number of aryl methyl sites for hydroxylation is 1. The van der Waals surface area contributed by atoms with Crippen LogP contribution in [0.5, 0.6) is 0 Å². The first-order valence-corrected chi connectivity index (χ1v) is 15.1. The van der Waals surface area contributed by atoms with Crippen LogP contribution in [0.2, 0.25) is 5.02 Å². The molecular formula is C33H37ClF3NO6. The number of esters is 1. The zero-order chi connectivity index (χ0) is 32.1. The van der Waals surface area contributed by atoms with Gasteiger partial charge in [-0.3, -0.25) is 9.69 Å². The lowest BCUT2D eigenvalue weighted by Gasteiger charge is -2.50. The number of alkyl halides is 3. The molecule has 2 fully saturated rings. The van der Waals surface area contributed by atoms with Crippen LogP contribution in [0.3, 0.4) is 0 Å². The van der Waals surface area contributed by atoms with Gasteiger partial charge in [0.25, 0.3) is 0 Å². The van der Waals surface area contributed by atoms with E-state index in [4.69, 9.17) is 25.8 Å². The number of amides is 1. The smallest absolute Gasteiger partial charge is 0.467 e. The number of benzene rings is 2. The molecule has 0 bridgehead atoms. The Kier molecular flexibility index (Phi) is 8.70. The van der Waals surface area contributed by atoms with Crippen LogP contribution < -0.4 is 4.90 Å². The van der Waals surface area contributed by atoms with Gasteiger partial charge in [0.1, 0.15) is 5.54 Å². The van der Waals surface area contributed by atoms with E-state index in [9.17, 15) is 27.9 Å². The summed E-state index contributed by atoms with van der Waals surface area (Å²) < 4.78 is 59.5. The molecule has 7 nitrogen and oxygen atoms in total. The first kappa shape index (κ1) is 32.5. The average Bonchev–Trinajstić information content (AvgIpc) is 3.56. The Hall–Kier alpha value is -2.92. The third kappa shape index (κ3) is 5.44. The fourth-order valence-corrected chi connectivity index (χ4v) is 7.38. The number of halogens is 4. The number of fused-ring (bicyclic) bond motifs is 2. The van der Waals surface area contributed by atoms with E-state index in [2.05, 4.69) is 6.08 Å². The minimum Gasteiger partial charge on any atom is -0.467 e. The maximum atomic E-state index is 14.2. The number of ether oxygens (including phenoxy) is 3. The predicted molar refractivity (Wildman–Crippen MR) is 159 cm³/mol. The third-order valence-electron chi connectivity index (χ3n) is 9.51. The quantitative estimate of drug-likeness (QED) is 0.345. The summed E-state index contributed by atoms with van der Waals surface area (Å²) in [5.74, 6) is -4.12. The first-order chi connectivity index (χ1) is 20.7. The van der Waals surface area contributed by atoms with Crippen LogP contribution in [-0.2, 0) is 35.0 Å². The molecule has 11 heteroatoms. The third-order valence-corrected chi connectivity index (χ3v) is 9.75. The number of rotatable bonds is 7. The molecule has 1 saturated heterocycles. The van der Waals surface area contributed by atoms with E-state index in [-0.39, 0.29) is 48.9 Å². The minimum atomic E-state index is -5.26. The van der Waals surface area contributed by atoms with Crippen molar-refractivity contribution in [3.63, 3.8) is 0 Å². The average molecular weight is 636 g/mol. The fraction of sp³-hybridized carbons (Fsp3) is 0.515. The Morgan fingerprint density at radius 1 is 1.11 bits per heavy atom. The number of anilines is 1. The molecule has 1 atom stereocenters. The van der Waals surface area contributed by atoms with E-state index in [1.807, 2.05) is 32.9 Å². The second kappa shape index (κ2) is 11.8. The molecule has 0 unspecified atom stereocenters. The predicted octanol–water partition coefficient (Wildman–Crippen LogP) is 6.60. The van der Waals surface area contributed by atoms with Crippen molar-refractivity contribution in [1.82, 2.24) is 0 Å². The lowest BCUT2D eigenvalue weighted by Crippen LogP contribution is -2.63. The van der Waals surface area contributed by atoms with Crippen molar-refractivity contribution in [3.05, 3.63) is 69.2 Å². The van der Waals surface area contributed by atoms with Gasteiger partial charge in [0.15, 0.2) is 5.79 Å². The number of hydrogen-bond acceptors (Lipinski definition) is 6. The topological polar surface area (TPSA) is 85.3 Å². The summed E-state index contributed by atoms with van der Waals surface area (Å²) in [5, 5.41) is 10.1. The highest BCUT2D eigenvalue weighted by Crippen LogP contribution is 2.57. The first-order valence-electron chi connectivity index (χ1n) is 14.7. The Morgan fingerprint density at radius 3 is 2.34 bits per heavy atom. The molecule has 44 heavy (non-hydrogen) atoms. The molecule has 1 heterocycles. The number of carbonyl (C=O) groups is 2. The molecular weight excluding hydrogens is 599 g/mol. The number of aliphatic hydroxyl groups is 1. The Labute approximate surface area is 259 Å². The summed E-state index contributed by atoms with van der Waals surface area (Å²) in [5.41, 5.74) is 2.08. The highest BCUT2D eigenvalue weighted by molar-refractivity contribution is 6.31. The van der Waals surface area contributed by atoms with Gasteiger partial charge in [0.2, 0.25) is 0 Å². The van der Waals surface area contributed by atoms with Crippen molar-refractivity contribution in [2.45, 2.75) is 75.8 Å². The maximum absolute atomic E-state index is 14.2. The van der Waals surface area contributed by atoms with E-state index in [0.29, 0.717) is 24.5 Å². The van der Waals surface area contributed by atoms with Crippen molar-refractivity contribution in [3.8, 4) is 0 Å². The lowest BCUT2D eigenvalue weighted by atomic mass is 9.60. The van der Waals surface area contributed by atoms with Gasteiger partial charge in [-0.05, 0) is 92.8 Å². The van der Waals surface area contributed by atoms with Gasteiger partial charge in [-0.15, -0.1) is 0 Å². The molecule has 1 N–H and O–H groups in total. The van der Waals surface area contributed by atoms with Crippen LogP contribution in [0.1, 0.15) is 68.2 Å². The van der Waals surface area contributed by atoms with Gasteiger partial charge in [-0.2, -0.15) is 13.2 Å². The molecule has 3 aliphatic rings. The van der Waals surface area contributed by atoms with Gasteiger partial charge in [-0.1, -0.05) is 42.3 Å². The molecule has 1 saturated carbocycles. The number of methoxy groups -OCH3 is 1. The van der Waals surface area contributed by atoms with Crippen molar-refractivity contribution >= 4 is 35.2 Å². The van der Waals surface area contributed by atoms with E-state index in [0.717, 1.165) is 34.9 Å². The van der Waals surface area contributed by atoms with Crippen molar-refractivity contribution in [1.29, 1.82) is 0 Å². The summed E-state index contributed by atoms with van der Waals surface area (Å²) in [7, 11) is 1.11. The SMILES string of the molecule is COC(=O)C1(N(C(=O)C(F)(F)F)c2cccc(Cl)c2)CCC2(CC1)C(C[C@@H](C)CO)=Cc1c(C)cc(C3(C)OCCO3)cc12. The Bertz CT molecular complexity index is 1470. The fourth-order valence-electron chi connectivity index (χ4n) is 7.20. The molecule has 1 spiro atoms. The van der Waals surface area contributed by atoms with E-state index < -0.39 is 34.8 Å². The van der Waals surface area contributed by atoms with Crippen LogP contribution in [0.4, 0.5) is 18.9 Å². The number of aliphatic hydroxyl groups excluding tert-OH is 1. The Morgan fingerprint density at radius 2 is 1.77 bits per heavy atom. The summed E-state index contributed by atoms with van der Waals surface area (Å²) >= 11 is 6.15. The van der Waals surface area contributed by atoms with Gasteiger partial charge in [0, 0.05) is 28.3 Å². The van der Waals surface area contributed by atoms with Crippen LogP contribution in [-0.4, -0.2) is 55.6 Å². The summed E-state index contributed by atoms with van der Waals surface area (Å²) in [6.45, 7) is 6.64. The molecule has 238 valence electrons. The second-order valence-corrected chi connectivity index (χ2v) is 12.7. The molecule has 0 aromatic heterocycles. The van der Waals surface area contributed by atoms with Gasteiger partial charge >= 0.3 is 18.1 Å². The van der Waals surface area contributed by atoms with E-state index >= 15 is 0 Å². The molecule has 2 aliphatic carbocycles. The highest BCUT2D eigenvalue weighted by Gasteiger charge is 2.59. The van der Waals surface area contributed by atoms with Gasteiger partial charge in [0.05, 0.1) is 20.3 Å². The summed E-state index contributed by atoms with van der Waals surface area (Å²) in [4.78, 5) is 27.3. The largest absolute Gasteiger partial charge is 0.471 e. The number of nitrogens with zero attached hydrogens (tertiary/aromatic N) is 1. The van der Waals surface area contributed by atoms with Gasteiger partial charge in [-0.25, -0.2) is 4.79 Å². The molecule has 5 rings (SSSR count). The maximum Gasteiger partial charge on any atom is 0.471 e. The monoisotopic (exact) mass is 635 g/mol. The standard InChI is InChI=1S/C33H37ClF3NO6/c1-20(19-39)14-23-16-26-21(2)15-22(30(3)43-12-13-44-30)17-27(26)31(23)8-10-32(11-9-31,29(41)42-4)38(28(40)33(35,36)37)25-7-5-6-24(34)18-25/h5-7,15-18,20,39H,8-14,19H2,1-4H3/t20-,31?,32?/m1/s1. The van der Waals surface area contributed by atoms with E-state index in [1.165, 1.54) is 24.3 Å². The molecule has 1 aliphatic heterocycles. The highest BCUT2D eigenvalue weighted by atomic mass is 35.5. The number of allylic oxidation sites excluding steroid dienone is 1. The molecule has 2 aromatic rings. The number of carbonyl (C=O) groups excluding carboxylic acids is 2. The number of hydrogen-bond donors (Lipinski definition) is 1. The normalized spacial score (nSPS) is 25.0. The molecule has 1 amide bonds. The van der Waals surface area contributed by atoms with Crippen molar-refractivity contribution in [2.24, 2.45) is 5.92 Å². The second-order valence-electron chi connectivity index (χ2n) is 12.3. The zero-order valence-electron chi connectivity index (χ0n) is 25.2. The minimum absolute atomic E-state index is 0.0392. The summed E-state index contributed by atoms with van der Waals surface area (Å²) in [6, 6.07) is 9.57. The van der Waals surface area contributed by atoms with Crippen LogP contribution in [0, 0.1) is 12.8 Å². The van der Waals surface area contributed by atoms with E-state index in [1.54, 1.807) is 0 Å². The van der Waals surface area contributed by atoms with Crippen LogP contribution in [0.25, 0.3) is 6.08 Å². The zero-order valence-corrected chi connectivity index (χ0v) is 26.0.